The Balaban J connectivity index is 2.18. The molecule has 7 heteroatoms. The summed E-state index contributed by atoms with van der Waals surface area (Å²) < 4.78 is 23.6. The Morgan fingerprint density at radius 3 is 2.48 bits per heavy atom. The largest absolute Gasteiger partial charge is 0.468 e. The predicted octanol–water partition coefficient (Wildman–Crippen LogP) is 3.00. The van der Waals surface area contributed by atoms with E-state index >= 15 is 0 Å². The Labute approximate surface area is 168 Å². The highest BCUT2D eigenvalue weighted by atomic mass is 19.1. The number of rotatable bonds is 4. The normalized spacial score (nSPS) is 24.0. The smallest absolute Gasteiger partial charge is 0.336 e. The number of esters is 2. The molecule has 1 heterocycles. The number of nitrogens with one attached hydrogen (secondary N) is 1. The van der Waals surface area contributed by atoms with Gasteiger partial charge in [-0.05, 0) is 43.9 Å². The van der Waals surface area contributed by atoms with Crippen LogP contribution in [0.3, 0.4) is 0 Å². The molecule has 154 valence electrons. The number of hydrogen-bond acceptors (Lipinski definition) is 6. The van der Waals surface area contributed by atoms with E-state index in [1.807, 2.05) is 6.92 Å². The van der Waals surface area contributed by atoms with Crippen LogP contribution in [0.5, 0.6) is 0 Å². The first-order valence-corrected chi connectivity index (χ1v) is 9.55. The van der Waals surface area contributed by atoms with Crippen LogP contribution in [-0.4, -0.2) is 31.4 Å². The van der Waals surface area contributed by atoms with Crippen molar-refractivity contribution in [2.24, 2.45) is 11.8 Å². The average molecular weight is 401 g/mol. The van der Waals surface area contributed by atoms with Crippen molar-refractivity contribution in [2.75, 3.05) is 13.7 Å². The fourth-order valence-electron chi connectivity index (χ4n) is 4.15. The quantitative estimate of drug-likeness (QED) is 0.617. The van der Waals surface area contributed by atoms with Gasteiger partial charge in [-0.1, -0.05) is 19.1 Å². The number of halogens is 1. The third kappa shape index (κ3) is 3.69. The van der Waals surface area contributed by atoms with E-state index in [2.05, 4.69) is 5.32 Å². The minimum absolute atomic E-state index is 0.174. The Kier molecular flexibility index (Phi) is 5.86. The molecular weight excluding hydrogens is 377 g/mol. The third-order valence-electron chi connectivity index (χ3n) is 5.44. The van der Waals surface area contributed by atoms with E-state index in [9.17, 15) is 18.8 Å². The molecule has 1 aromatic carbocycles. The maximum absolute atomic E-state index is 13.5. The zero-order valence-corrected chi connectivity index (χ0v) is 16.9. The molecule has 0 bridgehead atoms. The lowest BCUT2D eigenvalue weighted by molar-refractivity contribution is -0.151. The van der Waals surface area contributed by atoms with Crippen LogP contribution in [0.1, 0.15) is 38.7 Å². The minimum atomic E-state index is -0.953. The summed E-state index contributed by atoms with van der Waals surface area (Å²) in [6.45, 7) is 5.43. The lowest BCUT2D eigenvalue weighted by Crippen LogP contribution is -2.43. The number of carbonyl (C=O) groups is 3. The highest BCUT2D eigenvalue weighted by Gasteiger charge is 2.47. The molecule has 3 rings (SSSR count). The lowest BCUT2D eigenvalue weighted by Gasteiger charge is -2.38. The van der Waals surface area contributed by atoms with Crippen LogP contribution in [0.4, 0.5) is 4.39 Å². The van der Waals surface area contributed by atoms with E-state index in [0.717, 1.165) is 0 Å². The molecule has 0 unspecified atom stereocenters. The van der Waals surface area contributed by atoms with Gasteiger partial charge >= 0.3 is 11.9 Å². The summed E-state index contributed by atoms with van der Waals surface area (Å²) in [4.78, 5) is 38.5. The van der Waals surface area contributed by atoms with E-state index in [1.165, 1.54) is 19.2 Å². The van der Waals surface area contributed by atoms with E-state index in [1.54, 1.807) is 26.0 Å². The van der Waals surface area contributed by atoms with Crippen molar-refractivity contribution in [2.45, 2.75) is 33.1 Å². The molecule has 1 aliphatic heterocycles. The lowest BCUT2D eigenvalue weighted by atomic mass is 9.69. The number of ketones is 1. The number of ether oxygens (including phenoxy) is 2. The van der Waals surface area contributed by atoms with Gasteiger partial charge in [0.05, 0.1) is 19.3 Å². The first-order valence-electron chi connectivity index (χ1n) is 9.55. The molecule has 3 atom stereocenters. The van der Waals surface area contributed by atoms with Crippen molar-refractivity contribution in [1.82, 2.24) is 5.32 Å². The highest BCUT2D eigenvalue weighted by Crippen LogP contribution is 2.45. The minimum Gasteiger partial charge on any atom is -0.468 e. The van der Waals surface area contributed by atoms with Gasteiger partial charge in [0.2, 0.25) is 0 Å². The van der Waals surface area contributed by atoms with Crippen LogP contribution in [0.25, 0.3) is 0 Å². The Morgan fingerprint density at radius 1 is 1.24 bits per heavy atom. The van der Waals surface area contributed by atoms with E-state index in [-0.39, 0.29) is 23.9 Å². The molecular formula is C22H24FNO5. The SMILES string of the molecule is CCOC(=O)C1=C(C)NC2=C(C(=O)[C@@H](C(=O)OC)[C@@H](C)C2)[C@H]1c1ccc(F)cc1. The molecule has 0 radical (unpaired) electrons. The number of methoxy groups -OCH3 is 1. The van der Waals surface area contributed by atoms with Gasteiger partial charge in [-0.15, -0.1) is 0 Å². The molecule has 0 fully saturated rings. The number of hydrogen-bond donors (Lipinski definition) is 1. The number of benzene rings is 1. The van der Waals surface area contributed by atoms with Gasteiger partial charge in [-0.2, -0.15) is 0 Å². The van der Waals surface area contributed by atoms with Crippen molar-refractivity contribution in [3.05, 3.63) is 58.2 Å². The van der Waals surface area contributed by atoms with Crippen molar-refractivity contribution >= 4 is 17.7 Å². The van der Waals surface area contributed by atoms with Gasteiger partial charge in [0.25, 0.3) is 0 Å². The van der Waals surface area contributed by atoms with Crippen molar-refractivity contribution in [3.8, 4) is 0 Å². The molecule has 1 aromatic rings. The molecule has 0 aromatic heterocycles. The van der Waals surface area contributed by atoms with Crippen molar-refractivity contribution < 1.29 is 28.2 Å². The molecule has 0 amide bonds. The predicted molar refractivity (Wildman–Crippen MR) is 103 cm³/mol. The first-order chi connectivity index (χ1) is 13.8. The molecule has 1 aliphatic carbocycles. The summed E-state index contributed by atoms with van der Waals surface area (Å²) in [5.41, 5.74) is 2.44. The maximum Gasteiger partial charge on any atom is 0.336 e. The summed E-state index contributed by atoms with van der Waals surface area (Å²) >= 11 is 0. The average Bonchev–Trinajstić information content (AvgIpc) is 2.67. The Hall–Kier alpha value is -2.96. The fourth-order valence-corrected chi connectivity index (χ4v) is 4.15. The Bertz CT molecular complexity index is 916. The second-order valence-corrected chi connectivity index (χ2v) is 7.31. The van der Waals surface area contributed by atoms with Crippen LogP contribution < -0.4 is 5.32 Å². The Morgan fingerprint density at radius 2 is 1.90 bits per heavy atom. The third-order valence-corrected chi connectivity index (χ3v) is 5.44. The standard InChI is InChI=1S/C22H24FNO5/c1-5-29-22(27)17-12(3)24-15-10-11(2)16(21(26)28-4)20(25)19(15)18(17)13-6-8-14(23)9-7-13/h6-9,11,16,18,24H,5,10H2,1-4H3/t11-,16-,18-/m0/s1. The number of carbonyl (C=O) groups excluding carboxylic acids is 3. The van der Waals surface area contributed by atoms with Gasteiger partial charge < -0.3 is 14.8 Å². The fraction of sp³-hybridized carbons (Fsp3) is 0.409. The number of Topliss-reactive ketones (excluding diaryl/α,β-unsaturated/α-hetero) is 1. The molecule has 2 aliphatic rings. The van der Waals surface area contributed by atoms with Crippen LogP contribution in [-0.2, 0) is 23.9 Å². The topological polar surface area (TPSA) is 81.7 Å². The summed E-state index contributed by atoms with van der Waals surface area (Å²) in [6.07, 6.45) is 0.450. The van der Waals surface area contributed by atoms with Crippen LogP contribution >= 0.6 is 0 Å². The van der Waals surface area contributed by atoms with Crippen molar-refractivity contribution in [3.63, 3.8) is 0 Å². The van der Waals surface area contributed by atoms with E-state index in [0.29, 0.717) is 29.0 Å². The summed E-state index contributed by atoms with van der Waals surface area (Å²) in [5, 5.41) is 3.17. The number of allylic oxidation sites excluding steroid dienone is 3. The number of dihydropyridines is 1. The van der Waals surface area contributed by atoms with Gasteiger partial charge in [0, 0.05) is 22.9 Å². The van der Waals surface area contributed by atoms with Gasteiger partial charge in [-0.25, -0.2) is 9.18 Å². The summed E-state index contributed by atoms with van der Waals surface area (Å²) in [5.74, 6) is -3.93. The van der Waals surface area contributed by atoms with E-state index in [4.69, 9.17) is 9.47 Å². The van der Waals surface area contributed by atoms with Crippen molar-refractivity contribution in [1.29, 1.82) is 0 Å². The molecule has 29 heavy (non-hydrogen) atoms. The summed E-state index contributed by atoms with van der Waals surface area (Å²) in [6, 6.07) is 5.65. The molecule has 0 spiro atoms. The molecule has 6 nitrogen and oxygen atoms in total. The van der Waals surface area contributed by atoms with Gasteiger partial charge in [-0.3, -0.25) is 9.59 Å². The molecule has 0 saturated carbocycles. The van der Waals surface area contributed by atoms with Crippen LogP contribution in [0.2, 0.25) is 0 Å². The monoisotopic (exact) mass is 401 g/mol. The second-order valence-electron chi connectivity index (χ2n) is 7.31. The molecule has 1 N–H and O–H groups in total. The van der Waals surface area contributed by atoms with Crippen LogP contribution in [0.15, 0.2) is 46.8 Å². The zero-order chi connectivity index (χ0) is 21.3. The maximum atomic E-state index is 13.5. The molecule has 0 saturated heterocycles. The van der Waals surface area contributed by atoms with Crippen LogP contribution in [0, 0.1) is 17.7 Å². The highest BCUT2D eigenvalue weighted by molar-refractivity contribution is 6.12. The van der Waals surface area contributed by atoms with E-state index < -0.39 is 29.6 Å². The second kappa shape index (κ2) is 8.19. The van der Waals surface area contributed by atoms with Gasteiger partial charge in [0.1, 0.15) is 11.7 Å². The zero-order valence-electron chi connectivity index (χ0n) is 16.9. The first kappa shape index (κ1) is 20.8. The van der Waals surface area contributed by atoms with Gasteiger partial charge in [0.15, 0.2) is 5.78 Å². The summed E-state index contributed by atoms with van der Waals surface area (Å²) in [7, 11) is 1.25.